The monoisotopic (exact) mass is 455 g/mol. The van der Waals surface area contributed by atoms with Crippen molar-refractivity contribution in [1.29, 1.82) is 0 Å². The van der Waals surface area contributed by atoms with E-state index in [0.717, 1.165) is 32.2 Å². The molecule has 1 unspecified atom stereocenters. The molecular formula is C28H45N3O2. The van der Waals surface area contributed by atoms with Crippen LogP contribution < -0.4 is 5.32 Å². The zero-order chi connectivity index (χ0) is 23.6. The summed E-state index contributed by atoms with van der Waals surface area (Å²) < 4.78 is 0. The second kappa shape index (κ2) is 9.77. The highest BCUT2D eigenvalue weighted by atomic mass is 16.2. The minimum atomic E-state index is -0.0863. The van der Waals surface area contributed by atoms with Crippen LogP contribution in [0.3, 0.4) is 0 Å². The van der Waals surface area contributed by atoms with E-state index in [0.29, 0.717) is 12.0 Å². The molecule has 5 nitrogen and oxygen atoms in total. The van der Waals surface area contributed by atoms with Crippen LogP contribution in [0.5, 0.6) is 0 Å². The first-order valence-electron chi connectivity index (χ1n) is 13.0. The fourth-order valence-electron chi connectivity index (χ4n) is 6.13. The Kier molecular flexibility index (Phi) is 7.18. The molecular weight excluding hydrogens is 410 g/mol. The summed E-state index contributed by atoms with van der Waals surface area (Å²) in [5.41, 5.74) is 3.43. The van der Waals surface area contributed by atoms with Crippen molar-refractivity contribution in [1.82, 2.24) is 15.1 Å². The van der Waals surface area contributed by atoms with E-state index < -0.39 is 0 Å². The van der Waals surface area contributed by atoms with Crippen molar-refractivity contribution in [3.05, 3.63) is 35.4 Å². The Morgan fingerprint density at radius 3 is 2.52 bits per heavy atom. The minimum absolute atomic E-state index is 0. The molecule has 2 aliphatic heterocycles. The molecule has 33 heavy (non-hydrogen) atoms. The zero-order valence-corrected chi connectivity index (χ0v) is 21.2. The van der Waals surface area contributed by atoms with Gasteiger partial charge in [0.25, 0.3) is 0 Å². The summed E-state index contributed by atoms with van der Waals surface area (Å²) >= 11 is 0. The van der Waals surface area contributed by atoms with Crippen LogP contribution in [0.1, 0.15) is 91.2 Å². The summed E-state index contributed by atoms with van der Waals surface area (Å²) in [6, 6.07) is 8.92. The number of rotatable bonds is 4. The molecule has 1 spiro atoms. The molecule has 1 aromatic rings. The van der Waals surface area contributed by atoms with Crippen molar-refractivity contribution in [2.24, 2.45) is 11.3 Å². The maximum absolute atomic E-state index is 13.2. The van der Waals surface area contributed by atoms with Crippen molar-refractivity contribution in [2.75, 3.05) is 32.7 Å². The van der Waals surface area contributed by atoms with Gasteiger partial charge in [-0.1, -0.05) is 45.0 Å². The van der Waals surface area contributed by atoms with Gasteiger partial charge in [-0.05, 0) is 86.5 Å². The molecule has 1 aliphatic carbocycles. The molecule has 5 heteroatoms. The SMILES string of the molecule is CC(=O)N1CCCC(C(=O)N[C@H]2CCC3(CCN(CCC(C)(C)C)CC3)c3ccccc32)C1.[HH]. The number of benzene rings is 1. The van der Waals surface area contributed by atoms with E-state index in [1.54, 1.807) is 6.92 Å². The molecule has 0 radical (unpaired) electrons. The fraction of sp³-hybridized carbons (Fsp3) is 0.714. The van der Waals surface area contributed by atoms with E-state index in [9.17, 15) is 9.59 Å². The smallest absolute Gasteiger partial charge is 0.225 e. The maximum atomic E-state index is 13.2. The third-order valence-electron chi connectivity index (χ3n) is 8.36. The van der Waals surface area contributed by atoms with Crippen molar-refractivity contribution in [3.8, 4) is 0 Å². The standard InChI is InChI=1S/C28H43N3O2.H2/c1-21(32)31-16-7-8-22(20-31)26(33)29-25-11-12-28(24-10-6-5-9-23(24)25)14-18-30(19-15-28)17-13-27(2,3)4;/h5-6,9-10,22,25H,7-8,11-20H2,1-4H3,(H,29,33);1H/t22?,25-;/m0./s1. The van der Waals surface area contributed by atoms with E-state index in [-0.39, 0.29) is 30.6 Å². The van der Waals surface area contributed by atoms with Gasteiger partial charge in [0.1, 0.15) is 0 Å². The van der Waals surface area contributed by atoms with Gasteiger partial charge in [0, 0.05) is 21.4 Å². The van der Waals surface area contributed by atoms with Crippen molar-refractivity contribution in [2.45, 2.75) is 84.1 Å². The molecule has 1 N–H and O–H groups in total. The molecule has 4 rings (SSSR count). The molecule has 2 fully saturated rings. The number of likely N-dealkylation sites (tertiary alicyclic amines) is 2. The molecule has 184 valence electrons. The van der Waals surface area contributed by atoms with Crippen LogP contribution in [0.4, 0.5) is 0 Å². The van der Waals surface area contributed by atoms with Gasteiger partial charge in [-0.2, -0.15) is 0 Å². The first kappa shape index (κ1) is 24.3. The second-order valence-electron chi connectivity index (χ2n) is 11.9. The fourth-order valence-corrected chi connectivity index (χ4v) is 6.13. The van der Waals surface area contributed by atoms with Crippen molar-refractivity contribution >= 4 is 11.8 Å². The van der Waals surface area contributed by atoms with Crippen LogP contribution in [0.15, 0.2) is 24.3 Å². The molecule has 1 aromatic carbocycles. The average molecular weight is 456 g/mol. The van der Waals surface area contributed by atoms with Gasteiger partial charge in [-0.15, -0.1) is 0 Å². The third-order valence-corrected chi connectivity index (χ3v) is 8.36. The van der Waals surface area contributed by atoms with Crippen molar-refractivity contribution < 1.29 is 11.0 Å². The normalized spacial score (nSPS) is 25.5. The summed E-state index contributed by atoms with van der Waals surface area (Å²) in [6.45, 7) is 13.5. The average Bonchev–Trinajstić information content (AvgIpc) is 2.80. The van der Waals surface area contributed by atoms with Crippen LogP contribution in [-0.2, 0) is 15.0 Å². The highest BCUT2D eigenvalue weighted by Gasteiger charge is 2.42. The number of piperidine rings is 2. The number of fused-ring (bicyclic) bond motifs is 2. The Balaban J connectivity index is 0.00000324. The van der Waals surface area contributed by atoms with Crippen molar-refractivity contribution in [3.63, 3.8) is 0 Å². The maximum Gasteiger partial charge on any atom is 0.225 e. The number of amides is 2. The predicted molar refractivity (Wildman–Crippen MR) is 135 cm³/mol. The van der Waals surface area contributed by atoms with Gasteiger partial charge in [0.05, 0.1) is 12.0 Å². The Morgan fingerprint density at radius 2 is 1.82 bits per heavy atom. The first-order valence-corrected chi connectivity index (χ1v) is 13.0. The molecule has 2 heterocycles. The van der Waals surface area contributed by atoms with Crippen LogP contribution in [0, 0.1) is 11.3 Å². The summed E-state index contributed by atoms with van der Waals surface area (Å²) in [5, 5.41) is 3.38. The lowest BCUT2D eigenvalue weighted by molar-refractivity contribution is -0.134. The summed E-state index contributed by atoms with van der Waals surface area (Å²) in [7, 11) is 0. The van der Waals surface area contributed by atoms with E-state index in [1.165, 1.54) is 50.0 Å². The number of hydrogen-bond acceptors (Lipinski definition) is 3. The van der Waals surface area contributed by atoms with Gasteiger partial charge >= 0.3 is 0 Å². The highest BCUT2D eigenvalue weighted by Crippen LogP contribution is 2.48. The second-order valence-corrected chi connectivity index (χ2v) is 11.9. The van der Waals surface area contributed by atoms with Gasteiger partial charge in [-0.3, -0.25) is 9.59 Å². The lowest BCUT2D eigenvalue weighted by Gasteiger charge is -2.47. The lowest BCUT2D eigenvalue weighted by atomic mass is 9.63. The summed E-state index contributed by atoms with van der Waals surface area (Å²) in [5.74, 6) is 0.108. The van der Waals surface area contributed by atoms with Gasteiger partial charge in [-0.25, -0.2) is 0 Å². The van der Waals surface area contributed by atoms with Crippen LogP contribution >= 0.6 is 0 Å². The number of nitrogens with zero attached hydrogens (tertiary/aromatic N) is 2. The molecule has 0 aromatic heterocycles. The van der Waals surface area contributed by atoms with Crippen LogP contribution in [0.2, 0.25) is 0 Å². The number of hydrogen-bond donors (Lipinski definition) is 1. The van der Waals surface area contributed by atoms with Crippen LogP contribution in [-0.4, -0.2) is 54.3 Å². The number of nitrogens with one attached hydrogen (secondary N) is 1. The van der Waals surface area contributed by atoms with Gasteiger partial charge < -0.3 is 15.1 Å². The topological polar surface area (TPSA) is 52.7 Å². The van der Waals surface area contributed by atoms with E-state index in [1.807, 2.05) is 4.90 Å². The van der Waals surface area contributed by atoms with E-state index in [2.05, 4.69) is 55.3 Å². The van der Waals surface area contributed by atoms with E-state index in [4.69, 9.17) is 0 Å². The molecule has 2 atom stereocenters. The molecule has 2 amide bonds. The zero-order valence-electron chi connectivity index (χ0n) is 21.2. The molecule has 0 saturated carbocycles. The summed E-state index contributed by atoms with van der Waals surface area (Å²) in [4.78, 5) is 29.4. The summed E-state index contributed by atoms with van der Waals surface area (Å²) in [6.07, 6.45) is 7.61. The Labute approximate surface area is 201 Å². The lowest BCUT2D eigenvalue weighted by Crippen LogP contribution is -2.48. The number of carbonyl (C=O) groups is 2. The number of carbonyl (C=O) groups excluding carboxylic acids is 2. The molecule has 3 aliphatic rings. The Hall–Kier alpha value is -1.88. The van der Waals surface area contributed by atoms with Crippen LogP contribution in [0.25, 0.3) is 0 Å². The predicted octanol–water partition coefficient (Wildman–Crippen LogP) is 4.91. The molecule has 0 bridgehead atoms. The first-order chi connectivity index (χ1) is 15.7. The largest absolute Gasteiger partial charge is 0.349 e. The Bertz CT molecular complexity index is 857. The third kappa shape index (κ3) is 5.62. The Morgan fingerprint density at radius 1 is 1.09 bits per heavy atom. The highest BCUT2D eigenvalue weighted by molar-refractivity contribution is 5.81. The van der Waals surface area contributed by atoms with Gasteiger partial charge in [0.2, 0.25) is 11.8 Å². The van der Waals surface area contributed by atoms with E-state index >= 15 is 0 Å². The molecule has 2 saturated heterocycles. The minimum Gasteiger partial charge on any atom is -0.349 e. The quantitative estimate of drug-likeness (QED) is 0.702. The van der Waals surface area contributed by atoms with Gasteiger partial charge in [0.15, 0.2) is 0 Å².